The normalized spacial score (nSPS) is 23.1. The van der Waals surface area contributed by atoms with E-state index in [0.717, 1.165) is 38.5 Å². The van der Waals surface area contributed by atoms with Gasteiger partial charge >= 0.3 is 0 Å². The number of nitrogens with one attached hydrogen (secondary N) is 1. The fourth-order valence-electron chi connectivity index (χ4n) is 5.71. The summed E-state index contributed by atoms with van der Waals surface area (Å²) in [4.78, 5) is 27.7. The van der Waals surface area contributed by atoms with Gasteiger partial charge in [0.2, 0.25) is 11.8 Å². The molecule has 1 saturated heterocycles. The summed E-state index contributed by atoms with van der Waals surface area (Å²) < 4.78 is 6.02. The van der Waals surface area contributed by atoms with E-state index in [9.17, 15) is 24.9 Å². The largest absolute Gasteiger partial charge is 0.394 e. The number of carbonyl (C=O) groups excluding carboxylic acids is 2. The molecule has 0 aromatic rings. The predicted octanol–water partition coefficient (Wildman–Crippen LogP) is 4.93. The Labute approximate surface area is 256 Å². The molecule has 9 nitrogen and oxygen atoms in total. The standard InChI is InChI=1S/C33H65N3O6/c1-4-6-8-10-12-14-16-18-20-22-24-36(28(38)23-21-19-17-15-13-11-9-7-5-2)33-29(35-32(41)26(3)34)31(40)30(39)27(25-37)42-33/h26-27,29-31,33,37,39-40H,4-25,34H2,1-3H3,(H,35,41)/t26-,27+,29-,30+,31+,33-/m1/s1. The molecule has 9 heteroatoms. The highest BCUT2D eigenvalue weighted by molar-refractivity contribution is 5.81. The third-order valence-electron chi connectivity index (χ3n) is 8.50. The van der Waals surface area contributed by atoms with E-state index < -0.39 is 49.1 Å². The minimum atomic E-state index is -1.42. The van der Waals surface area contributed by atoms with Crippen LogP contribution in [-0.4, -0.2) is 81.8 Å². The number of hydrogen-bond donors (Lipinski definition) is 5. The van der Waals surface area contributed by atoms with Gasteiger partial charge in [-0.25, -0.2) is 0 Å². The predicted molar refractivity (Wildman–Crippen MR) is 169 cm³/mol. The van der Waals surface area contributed by atoms with Crippen LogP contribution in [0.5, 0.6) is 0 Å². The van der Waals surface area contributed by atoms with E-state index in [2.05, 4.69) is 19.2 Å². The minimum absolute atomic E-state index is 0.0980. The second-order valence-electron chi connectivity index (χ2n) is 12.4. The smallest absolute Gasteiger partial charge is 0.237 e. The lowest BCUT2D eigenvalue weighted by Gasteiger charge is -2.47. The van der Waals surface area contributed by atoms with Crippen LogP contribution in [0, 0.1) is 0 Å². The summed E-state index contributed by atoms with van der Waals surface area (Å²) in [6, 6.07) is -1.89. The van der Waals surface area contributed by atoms with Crippen molar-refractivity contribution in [3.8, 4) is 0 Å². The monoisotopic (exact) mass is 599 g/mol. The molecule has 42 heavy (non-hydrogen) atoms. The van der Waals surface area contributed by atoms with E-state index in [4.69, 9.17) is 10.5 Å². The molecule has 0 bridgehead atoms. The van der Waals surface area contributed by atoms with Crippen LogP contribution in [0.2, 0.25) is 0 Å². The maximum absolute atomic E-state index is 13.6. The molecule has 0 aromatic carbocycles. The van der Waals surface area contributed by atoms with Crippen molar-refractivity contribution in [3.63, 3.8) is 0 Å². The first-order valence-corrected chi connectivity index (χ1v) is 17.3. The van der Waals surface area contributed by atoms with Crippen LogP contribution in [0.4, 0.5) is 0 Å². The van der Waals surface area contributed by atoms with E-state index in [1.54, 1.807) is 4.90 Å². The maximum Gasteiger partial charge on any atom is 0.237 e. The summed E-state index contributed by atoms with van der Waals surface area (Å²) in [7, 11) is 0. The summed E-state index contributed by atoms with van der Waals surface area (Å²) in [6.07, 6.45) is 17.5. The number of amides is 2. The molecular weight excluding hydrogens is 534 g/mol. The summed E-state index contributed by atoms with van der Waals surface area (Å²) >= 11 is 0. The van der Waals surface area contributed by atoms with Crippen molar-refractivity contribution < 1.29 is 29.6 Å². The number of carbonyl (C=O) groups is 2. The Hall–Kier alpha value is -1.26. The topological polar surface area (TPSA) is 145 Å². The Morgan fingerprint density at radius 1 is 0.762 bits per heavy atom. The molecule has 1 aliphatic rings. The van der Waals surface area contributed by atoms with Gasteiger partial charge in [0.05, 0.1) is 12.6 Å². The van der Waals surface area contributed by atoms with Crippen LogP contribution >= 0.6 is 0 Å². The quantitative estimate of drug-likeness (QED) is 0.0936. The molecule has 6 N–H and O–H groups in total. The average molecular weight is 600 g/mol. The average Bonchev–Trinajstić information content (AvgIpc) is 2.97. The first-order chi connectivity index (χ1) is 20.3. The Morgan fingerprint density at radius 2 is 1.21 bits per heavy atom. The fraction of sp³-hybridized carbons (Fsp3) is 0.939. The first-order valence-electron chi connectivity index (χ1n) is 17.3. The molecule has 1 aliphatic heterocycles. The van der Waals surface area contributed by atoms with Crippen molar-refractivity contribution in [1.29, 1.82) is 0 Å². The van der Waals surface area contributed by atoms with Crippen molar-refractivity contribution in [3.05, 3.63) is 0 Å². The maximum atomic E-state index is 13.6. The highest BCUT2D eigenvalue weighted by Crippen LogP contribution is 2.26. The number of unbranched alkanes of at least 4 members (excludes halogenated alkanes) is 17. The first kappa shape index (κ1) is 38.8. The molecule has 6 atom stereocenters. The van der Waals surface area contributed by atoms with Gasteiger partial charge < -0.3 is 36.0 Å². The van der Waals surface area contributed by atoms with Gasteiger partial charge in [-0.15, -0.1) is 0 Å². The van der Waals surface area contributed by atoms with Crippen molar-refractivity contribution in [2.24, 2.45) is 5.73 Å². The molecule has 0 aliphatic carbocycles. The summed E-state index contributed by atoms with van der Waals surface area (Å²) in [5, 5.41) is 34.0. The molecule has 1 fully saturated rings. The molecule has 0 radical (unpaired) electrons. The third kappa shape index (κ3) is 15.5. The van der Waals surface area contributed by atoms with Gasteiger partial charge in [0.1, 0.15) is 24.4 Å². The molecule has 0 aromatic heterocycles. The van der Waals surface area contributed by atoms with Crippen molar-refractivity contribution in [1.82, 2.24) is 10.2 Å². The second kappa shape index (κ2) is 24.1. The molecule has 1 heterocycles. The van der Waals surface area contributed by atoms with E-state index in [0.29, 0.717) is 13.0 Å². The molecule has 248 valence electrons. The van der Waals surface area contributed by atoms with Crippen LogP contribution in [0.15, 0.2) is 0 Å². The van der Waals surface area contributed by atoms with Gasteiger partial charge in [-0.1, -0.05) is 123 Å². The molecule has 1 rings (SSSR count). The lowest BCUT2D eigenvalue weighted by Crippen LogP contribution is -2.69. The number of aliphatic hydroxyl groups excluding tert-OH is 3. The highest BCUT2D eigenvalue weighted by Gasteiger charge is 2.48. The van der Waals surface area contributed by atoms with Gasteiger partial charge in [0.25, 0.3) is 0 Å². The van der Waals surface area contributed by atoms with Gasteiger partial charge in [0.15, 0.2) is 6.23 Å². The van der Waals surface area contributed by atoms with Crippen LogP contribution in [0.25, 0.3) is 0 Å². The lowest BCUT2D eigenvalue weighted by molar-refractivity contribution is -0.231. The van der Waals surface area contributed by atoms with E-state index in [1.807, 2.05) is 0 Å². The van der Waals surface area contributed by atoms with Crippen LogP contribution in [0.3, 0.4) is 0 Å². The number of hydrogen-bond acceptors (Lipinski definition) is 7. The third-order valence-corrected chi connectivity index (χ3v) is 8.50. The van der Waals surface area contributed by atoms with Gasteiger partial charge in [-0.3, -0.25) is 9.59 Å². The van der Waals surface area contributed by atoms with Crippen molar-refractivity contribution in [2.45, 2.75) is 186 Å². The van der Waals surface area contributed by atoms with E-state index in [1.165, 1.54) is 90.4 Å². The van der Waals surface area contributed by atoms with Gasteiger partial charge in [-0.05, 0) is 19.8 Å². The van der Waals surface area contributed by atoms with Crippen molar-refractivity contribution in [2.75, 3.05) is 13.2 Å². The van der Waals surface area contributed by atoms with E-state index in [-0.39, 0.29) is 5.91 Å². The van der Waals surface area contributed by atoms with E-state index >= 15 is 0 Å². The fourth-order valence-corrected chi connectivity index (χ4v) is 5.71. The zero-order valence-corrected chi connectivity index (χ0v) is 27.1. The molecule has 2 amide bonds. The zero-order chi connectivity index (χ0) is 31.2. The number of nitrogens with two attached hydrogens (primary N) is 1. The number of ether oxygens (including phenoxy) is 1. The Balaban J connectivity index is 2.79. The number of aliphatic hydroxyl groups is 3. The summed E-state index contributed by atoms with van der Waals surface area (Å²) in [5.41, 5.74) is 5.76. The molecular formula is C33H65N3O6. The molecule has 0 unspecified atom stereocenters. The lowest BCUT2D eigenvalue weighted by atomic mass is 9.94. The minimum Gasteiger partial charge on any atom is -0.394 e. The highest BCUT2D eigenvalue weighted by atomic mass is 16.5. The van der Waals surface area contributed by atoms with Crippen molar-refractivity contribution >= 4 is 11.8 Å². The van der Waals surface area contributed by atoms with Crippen LogP contribution in [0.1, 0.15) is 149 Å². The summed E-state index contributed by atoms with van der Waals surface area (Å²) in [5.74, 6) is -0.605. The molecule has 0 spiro atoms. The Bertz CT molecular complexity index is 695. The summed E-state index contributed by atoms with van der Waals surface area (Å²) in [6.45, 7) is 5.88. The SMILES string of the molecule is CCCCCCCCCCCCN(C(=O)CCCCCCCCCCC)[C@@H]1O[C@@H](CO)[C@H](O)[C@@H](O)[C@H]1NC(=O)[C@@H](C)N. The number of nitrogens with zero attached hydrogens (tertiary/aromatic N) is 1. The van der Waals surface area contributed by atoms with Crippen LogP contribution < -0.4 is 11.1 Å². The Kier molecular flexibility index (Phi) is 22.2. The Morgan fingerprint density at radius 3 is 1.67 bits per heavy atom. The molecule has 0 saturated carbocycles. The number of rotatable bonds is 25. The van der Waals surface area contributed by atoms with Gasteiger partial charge in [-0.2, -0.15) is 0 Å². The van der Waals surface area contributed by atoms with Gasteiger partial charge in [0, 0.05) is 13.0 Å². The van der Waals surface area contributed by atoms with Crippen LogP contribution in [-0.2, 0) is 14.3 Å². The zero-order valence-electron chi connectivity index (χ0n) is 27.1. The second-order valence-corrected chi connectivity index (χ2v) is 12.4.